The Morgan fingerprint density at radius 3 is 1.89 bits per heavy atom. The number of amides is 1. The molecule has 116 valence electrons. The van der Waals surface area contributed by atoms with Crippen LogP contribution in [-0.4, -0.2) is 18.5 Å². The zero-order chi connectivity index (χ0) is 13.8. The minimum Gasteiger partial charge on any atom is -0.368 e. The molecule has 0 bridgehead atoms. The molecule has 1 atom stereocenters. The molecule has 0 saturated carbocycles. The molecule has 0 radical (unpaired) electrons. The van der Waals surface area contributed by atoms with Crippen molar-refractivity contribution in [3.63, 3.8) is 0 Å². The van der Waals surface area contributed by atoms with Crippen molar-refractivity contribution < 1.29 is 4.79 Å². The maximum absolute atomic E-state index is 11.2. The van der Waals surface area contributed by atoms with Gasteiger partial charge in [0.1, 0.15) is 0 Å². The van der Waals surface area contributed by atoms with Crippen molar-refractivity contribution in [2.24, 2.45) is 11.7 Å². The van der Waals surface area contributed by atoms with Crippen LogP contribution in [0.4, 0.5) is 0 Å². The lowest BCUT2D eigenvalue weighted by Crippen LogP contribution is -2.45. The molecule has 0 saturated heterocycles. The maximum Gasteiger partial charge on any atom is 0.234 e. The SMILES string of the molecule is CCCCCCCCCCN[C@H](C(N)=O)C(C)C.Cl. The van der Waals surface area contributed by atoms with Crippen LogP contribution in [0.1, 0.15) is 72.1 Å². The number of halogens is 1. The van der Waals surface area contributed by atoms with Gasteiger partial charge in [0.2, 0.25) is 5.91 Å². The van der Waals surface area contributed by atoms with Crippen molar-refractivity contribution in [2.75, 3.05) is 6.54 Å². The molecule has 0 aliphatic heterocycles. The molecule has 0 spiro atoms. The first-order chi connectivity index (χ1) is 8.59. The molecule has 0 fully saturated rings. The van der Waals surface area contributed by atoms with Gasteiger partial charge in [-0.1, -0.05) is 65.7 Å². The Kier molecular flexibility index (Phi) is 15.6. The first kappa shape index (κ1) is 21.0. The molecule has 3 N–H and O–H groups in total. The van der Waals surface area contributed by atoms with Crippen molar-refractivity contribution >= 4 is 18.3 Å². The molecule has 0 aliphatic carbocycles. The van der Waals surface area contributed by atoms with Crippen LogP contribution in [0.3, 0.4) is 0 Å². The number of hydrogen-bond acceptors (Lipinski definition) is 2. The summed E-state index contributed by atoms with van der Waals surface area (Å²) in [6.07, 6.45) is 10.5. The Balaban J connectivity index is 0. The summed E-state index contributed by atoms with van der Waals surface area (Å²) in [7, 11) is 0. The van der Waals surface area contributed by atoms with Gasteiger partial charge in [0.05, 0.1) is 6.04 Å². The van der Waals surface area contributed by atoms with Gasteiger partial charge in [0.25, 0.3) is 0 Å². The molecule has 0 aliphatic rings. The van der Waals surface area contributed by atoms with Gasteiger partial charge < -0.3 is 11.1 Å². The predicted octanol–water partition coefficient (Wildman–Crippen LogP) is 3.65. The third-order valence-electron chi connectivity index (χ3n) is 3.37. The predicted molar refractivity (Wildman–Crippen MR) is 85.7 cm³/mol. The average molecular weight is 293 g/mol. The smallest absolute Gasteiger partial charge is 0.234 e. The van der Waals surface area contributed by atoms with Gasteiger partial charge in [0.15, 0.2) is 0 Å². The van der Waals surface area contributed by atoms with Crippen LogP contribution in [0.15, 0.2) is 0 Å². The largest absolute Gasteiger partial charge is 0.368 e. The van der Waals surface area contributed by atoms with Crippen molar-refractivity contribution in [3.05, 3.63) is 0 Å². The summed E-state index contributed by atoms with van der Waals surface area (Å²) < 4.78 is 0. The number of unbranched alkanes of at least 4 members (excludes halogenated alkanes) is 7. The van der Waals surface area contributed by atoms with Crippen LogP contribution in [-0.2, 0) is 4.79 Å². The monoisotopic (exact) mass is 292 g/mol. The first-order valence-electron chi connectivity index (χ1n) is 7.62. The quantitative estimate of drug-likeness (QED) is 0.540. The first-order valence-corrected chi connectivity index (χ1v) is 7.62. The Morgan fingerprint density at radius 2 is 1.47 bits per heavy atom. The van der Waals surface area contributed by atoms with E-state index < -0.39 is 0 Å². The van der Waals surface area contributed by atoms with Crippen LogP contribution in [0, 0.1) is 5.92 Å². The van der Waals surface area contributed by atoms with E-state index in [0.717, 1.165) is 13.0 Å². The molecule has 3 nitrogen and oxygen atoms in total. The van der Waals surface area contributed by atoms with E-state index in [9.17, 15) is 4.79 Å². The number of carbonyl (C=O) groups is 1. The summed E-state index contributed by atoms with van der Waals surface area (Å²) >= 11 is 0. The van der Waals surface area contributed by atoms with E-state index in [-0.39, 0.29) is 30.3 Å². The second kappa shape index (κ2) is 14.1. The fourth-order valence-corrected chi connectivity index (χ4v) is 2.18. The molecule has 1 amide bonds. The molecule has 4 heteroatoms. The molecular weight excluding hydrogens is 260 g/mol. The van der Waals surface area contributed by atoms with E-state index >= 15 is 0 Å². The van der Waals surface area contributed by atoms with Crippen molar-refractivity contribution in [1.82, 2.24) is 5.32 Å². The molecule has 0 unspecified atom stereocenters. The van der Waals surface area contributed by atoms with E-state index in [0.29, 0.717) is 0 Å². The second-order valence-electron chi connectivity index (χ2n) is 5.55. The summed E-state index contributed by atoms with van der Waals surface area (Å²) in [6, 6.07) is -0.172. The highest BCUT2D eigenvalue weighted by Crippen LogP contribution is 2.08. The van der Waals surface area contributed by atoms with Gasteiger partial charge in [-0.05, 0) is 18.9 Å². The summed E-state index contributed by atoms with van der Waals surface area (Å²) in [5.41, 5.74) is 5.35. The number of rotatable bonds is 12. The lowest BCUT2D eigenvalue weighted by atomic mass is 10.0. The number of nitrogens with one attached hydrogen (secondary N) is 1. The van der Waals surface area contributed by atoms with E-state index in [1.54, 1.807) is 0 Å². The van der Waals surface area contributed by atoms with E-state index in [4.69, 9.17) is 5.73 Å². The van der Waals surface area contributed by atoms with Crippen molar-refractivity contribution in [1.29, 1.82) is 0 Å². The van der Waals surface area contributed by atoms with E-state index in [2.05, 4.69) is 12.2 Å². The normalized spacial score (nSPS) is 12.2. The molecule has 0 aromatic rings. The highest BCUT2D eigenvalue weighted by Gasteiger charge is 2.17. The molecule has 0 aromatic heterocycles. The van der Waals surface area contributed by atoms with Gasteiger partial charge >= 0.3 is 0 Å². The number of nitrogens with two attached hydrogens (primary N) is 1. The summed E-state index contributed by atoms with van der Waals surface area (Å²) in [4.78, 5) is 11.2. The third kappa shape index (κ3) is 12.5. The van der Waals surface area contributed by atoms with Crippen LogP contribution in [0.5, 0.6) is 0 Å². The molecule has 19 heavy (non-hydrogen) atoms. The minimum atomic E-state index is -0.232. The Hall–Kier alpha value is -0.280. The zero-order valence-electron chi connectivity index (χ0n) is 12.9. The summed E-state index contributed by atoms with van der Waals surface area (Å²) in [6.45, 7) is 7.20. The Labute approximate surface area is 125 Å². The molecule has 0 heterocycles. The zero-order valence-corrected chi connectivity index (χ0v) is 13.7. The molecule has 0 rings (SSSR count). The van der Waals surface area contributed by atoms with Gasteiger partial charge in [-0.15, -0.1) is 12.4 Å². The highest BCUT2D eigenvalue weighted by atomic mass is 35.5. The van der Waals surface area contributed by atoms with Gasteiger partial charge in [-0.3, -0.25) is 4.79 Å². The highest BCUT2D eigenvalue weighted by molar-refractivity contribution is 5.85. The van der Waals surface area contributed by atoms with E-state index in [1.165, 1.54) is 44.9 Å². The van der Waals surface area contributed by atoms with Crippen molar-refractivity contribution in [2.45, 2.75) is 78.2 Å². The maximum atomic E-state index is 11.2. The van der Waals surface area contributed by atoms with Crippen LogP contribution in [0.2, 0.25) is 0 Å². The Morgan fingerprint density at radius 1 is 1.00 bits per heavy atom. The van der Waals surface area contributed by atoms with Crippen molar-refractivity contribution in [3.8, 4) is 0 Å². The minimum absolute atomic E-state index is 0. The third-order valence-corrected chi connectivity index (χ3v) is 3.37. The summed E-state index contributed by atoms with van der Waals surface area (Å²) in [5, 5.41) is 3.26. The molecule has 0 aromatic carbocycles. The lowest BCUT2D eigenvalue weighted by Gasteiger charge is -2.18. The second-order valence-corrected chi connectivity index (χ2v) is 5.55. The number of carbonyl (C=O) groups excluding carboxylic acids is 1. The number of hydrogen-bond donors (Lipinski definition) is 2. The molecular formula is C15H33ClN2O. The van der Waals surface area contributed by atoms with Gasteiger partial charge in [-0.2, -0.15) is 0 Å². The summed E-state index contributed by atoms with van der Waals surface area (Å²) in [5.74, 6) is 0.0427. The number of primary amides is 1. The standard InChI is InChI=1S/C15H32N2O.ClH/c1-4-5-6-7-8-9-10-11-12-17-14(13(2)3)15(16)18;/h13-14,17H,4-12H2,1-3H3,(H2,16,18);1H/t14-;/m0./s1. The fourth-order valence-electron chi connectivity index (χ4n) is 2.18. The van der Waals surface area contributed by atoms with Crippen LogP contribution in [0.25, 0.3) is 0 Å². The van der Waals surface area contributed by atoms with Crippen LogP contribution < -0.4 is 11.1 Å². The van der Waals surface area contributed by atoms with Gasteiger partial charge in [0, 0.05) is 0 Å². The van der Waals surface area contributed by atoms with Crippen LogP contribution >= 0.6 is 12.4 Å². The van der Waals surface area contributed by atoms with E-state index in [1.807, 2.05) is 13.8 Å². The average Bonchev–Trinajstić information content (AvgIpc) is 2.30. The fraction of sp³-hybridized carbons (Fsp3) is 0.933. The lowest BCUT2D eigenvalue weighted by molar-refractivity contribution is -0.121. The Bertz CT molecular complexity index is 210. The topological polar surface area (TPSA) is 55.1 Å². The van der Waals surface area contributed by atoms with Gasteiger partial charge in [-0.25, -0.2) is 0 Å².